The molecule has 2 rings (SSSR count). The lowest BCUT2D eigenvalue weighted by molar-refractivity contribution is 0.0920. The topological polar surface area (TPSA) is 54.7 Å². The molecule has 5 nitrogen and oxygen atoms in total. The average molecular weight is 387 g/mol. The summed E-state index contributed by atoms with van der Waals surface area (Å²) in [6.45, 7) is 12.7. The molecule has 1 aromatic heterocycles. The molecule has 154 valence electrons. The molecule has 0 radical (unpaired) electrons. The maximum atomic E-state index is 12.2. The third-order valence-corrected chi connectivity index (χ3v) is 5.16. The van der Waals surface area contributed by atoms with Crippen LogP contribution < -0.4 is 10.1 Å². The summed E-state index contributed by atoms with van der Waals surface area (Å²) >= 11 is 0. The summed E-state index contributed by atoms with van der Waals surface area (Å²) in [6.07, 6.45) is 2.05. The van der Waals surface area contributed by atoms with Gasteiger partial charge in [-0.25, -0.2) is 0 Å². The number of furan rings is 1. The Bertz CT molecular complexity index is 705. The van der Waals surface area contributed by atoms with Crippen molar-refractivity contribution in [2.45, 2.75) is 53.1 Å². The summed E-state index contributed by atoms with van der Waals surface area (Å²) in [7, 11) is 0. The van der Waals surface area contributed by atoms with Crippen LogP contribution in [0.5, 0.6) is 5.75 Å². The zero-order valence-corrected chi connectivity index (χ0v) is 17.7. The molecule has 28 heavy (non-hydrogen) atoms. The fraction of sp³-hybridized carbons (Fsp3) is 0.522. The van der Waals surface area contributed by atoms with E-state index in [9.17, 15) is 4.79 Å². The smallest absolute Gasteiger partial charge is 0.286 e. The molecule has 1 amide bonds. The monoisotopic (exact) mass is 386 g/mol. The van der Waals surface area contributed by atoms with E-state index >= 15 is 0 Å². The minimum absolute atomic E-state index is 0.177. The molecule has 1 N–H and O–H groups in total. The van der Waals surface area contributed by atoms with Gasteiger partial charge in [0.2, 0.25) is 0 Å². The molecule has 0 saturated heterocycles. The van der Waals surface area contributed by atoms with Crippen molar-refractivity contribution in [2.24, 2.45) is 0 Å². The van der Waals surface area contributed by atoms with Gasteiger partial charge in [-0.1, -0.05) is 39.8 Å². The van der Waals surface area contributed by atoms with Gasteiger partial charge in [0.25, 0.3) is 5.91 Å². The van der Waals surface area contributed by atoms with Crippen LogP contribution in [-0.4, -0.2) is 37.0 Å². The highest BCUT2D eigenvalue weighted by Crippen LogP contribution is 2.22. The van der Waals surface area contributed by atoms with Crippen molar-refractivity contribution in [2.75, 3.05) is 26.2 Å². The number of ether oxygens (including phenoxy) is 1. The Balaban J connectivity index is 1.76. The van der Waals surface area contributed by atoms with E-state index in [1.54, 1.807) is 12.1 Å². The van der Waals surface area contributed by atoms with Gasteiger partial charge in [0.05, 0.1) is 0 Å². The molecule has 0 aliphatic heterocycles. The first-order valence-corrected chi connectivity index (χ1v) is 10.4. The van der Waals surface area contributed by atoms with Crippen LogP contribution in [0.4, 0.5) is 0 Å². The second kappa shape index (κ2) is 11.5. The number of hydrogen-bond acceptors (Lipinski definition) is 4. The van der Waals surface area contributed by atoms with Crippen LogP contribution in [0.15, 0.2) is 40.8 Å². The first-order valence-electron chi connectivity index (χ1n) is 10.4. The Morgan fingerprint density at radius 3 is 2.46 bits per heavy atom. The van der Waals surface area contributed by atoms with Crippen LogP contribution >= 0.6 is 0 Å². The molecule has 0 saturated carbocycles. The molecule has 2 aromatic rings. The highest BCUT2D eigenvalue weighted by Gasteiger charge is 2.11. The van der Waals surface area contributed by atoms with Gasteiger partial charge >= 0.3 is 0 Å². The van der Waals surface area contributed by atoms with Gasteiger partial charge in [0.1, 0.15) is 18.1 Å². The zero-order valence-electron chi connectivity index (χ0n) is 17.7. The van der Waals surface area contributed by atoms with Crippen molar-refractivity contribution in [3.8, 4) is 5.75 Å². The average Bonchev–Trinajstić information content (AvgIpc) is 3.21. The molecule has 1 heterocycles. The largest absolute Gasteiger partial charge is 0.486 e. The molecule has 0 aliphatic carbocycles. The van der Waals surface area contributed by atoms with Crippen LogP contribution in [0, 0.1) is 0 Å². The van der Waals surface area contributed by atoms with E-state index in [0.717, 1.165) is 38.2 Å². The van der Waals surface area contributed by atoms with Gasteiger partial charge in [-0.2, -0.15) is 0 Å². The zero-order chi connectivity index (χ0) is 20.4. The van der Waals surface area contributed by atoms with Crippen LogP contribution in [-0.2, 0) is 6.61 Å². The Morgan fingerprint density at radius 2 is 1.82 bits per heavy atom. The van der Waals surface area contributed by atoms with Crippen molar-refractivity contribution in [3.63, 3.8) is 0 Å². The van der Waals surface area contributed by atoms with Crippen molar-refractivity contribution in [1.29, 1.82) is 0 Å². The Kier molecular flexibility index (Phi) is 9.08. The summed E-state index contributed by atoms with van der Waals surface area (Å²) in [5.41, 5.74) is 1.31. The summed E-state index contributed by atoms with van der Waals surface area (Å²) in [4.78, 5) is 14.5. The molecule has 5 heteroatoms. The predicted octanol–water partition coefficient (Wildman–Crippen LogP) is 4.83. The SMILES string of the molecule is CCC(C)c1ccc(OCc2ccc(C(=O)NCCCN(CC)CC)o2)cc1. The summed E-state index contributed by atoms with van der Waals surface area (Å²) in [5, 5.41) is 2.91. The lowest BCUT2D eigenvalue weighted by Gasteiger charge is -2.17. The summed E-state index contributed by atoms with van der Waals surface area (Å²) in [5.74, 6) is 2.13. The molecule has 0 aliphatic rings. The standard InChI is InChI=1S/C23H34N2O3/c1-5-18(4)19-9-11-20(12-10-19)27-17-21-13-14-22(28-21)23(26)24-15-8-16-25(6-2)7-3/h9-14,18H,5-8,15-17H2,1-4H3,(H,24,26). The number of carbonyl (C=O) groups excluding carboxylic acids is 1. The molecular weight excluding hydrogens is 352 g/mol. The number of benzene rings is 1. The van der Waals surface area contributed by atoms with E-state index in [1.807, 2.05) is 12.1 Å². The fourth-order valence-corrected chi connectivity index (χ4v) is 2.99. The van der Waals surface area contributed by atoms with Crippen LogP contribution in [0.1, 0.15) is 68.3 Å². The van der Waals surface area contributed by atoms with E-state index < -0.39 is 0 Å². The van der Waals surface area contributed by atoms with Gasteiger partial charge < -0.3 is 19.4 Å². The third kappa shape index (κ3) is 6.71. The Hall–Kier alpha value is -2.27. The molecule has 0 bridgehead atoms. The van der Waals surface area contributed by atoms with E-state index in [0.29, 0.717) is 30.6 Å². The first kappa shape index (κ1) is 22.0. The molecular formula is C23H34N2O3. The van der Waals surface area contributed by atoms with Crippen LogP contribution in [0.25, 0.3) is 0 Å². The van der Waals surface area contributed by atoms with E-state index in [4.69, 9.17) is 9.15 Å². The summed E-state index contributed by atoms with van der Waals surface area (Å²) < 4.78 is 11.4. The minimum Gasteiger partial charge on any atom is -0.486 e. The maximum absolute atomic E-state index is 12.2. The first-order chi connectivity index (χ1) is 13.6. The number of amides is 1. The van der Waals surface area contributed by atoms with Crippen molar-refractivity contribution >= 4 is 5.91 Å². The number of nitrogens with one attached hydrogen (secondary N) is 1. The predicted molar refractivity (Wildman–Crippen MR) is 113 cm³/mol. The van der Waals surface area contributed by atoms with Gasteiger partial charge in [-0.15, -0.1) is 0 Å². The lowest BCUT2D eigenvalue weighted by atomic mass is 9.99. The second-order valence-electron chi connectivity index (χ2n) is 7.07. The highest BCUT2D eigenvalue weighted by molar-refractivity contribution is 5.91. The van der Waals surface area contributed by atoms with Crippen molar-refractivity contribution < 1.29 is 13.9 Å². The Morgan fingerprint density at radius 1 is 1.11 bits per heavy atom. The molecule has 1 aromatic carbocycles. The van der Waals surface area contributed by atoms with Crippen LogP contribution in [0.3, 0.4) is 0 Å². The summed E-state index contributed by atoms with van der Waals surface area (Å²) in [6, 6.07) is 11.6. The number of carbonyl (C=O) groups is 1. The maximum Gasteiger partial charge on any atom is 0.286 e. The van der Waals surface area contributed by atoms with Crippen LogP contribution in [0.2, 0.25) is 0 Å². The normalized spacial score (nSPS) is 12.2. The van der Waals surface area contributed by atoms with E-state index in [1.165, 1.54) is 5.56 Å². The van der Waals surface area contributed by atoms with Gasteiger partial charge in [-0.3, -0.25) is 4.79 Å². The quantitative estimate of drug-likeness (QED) is 0.531. The third-order valence-electron chi connectivity index (χ3n) is 5.16. The van der Waals surface area contributed by atoms with Gasteiger partial charge in [0, 0.05) is 6.54 Å². The fourth-order valence-electron chi connectivity index (χ4n) is 2.99. The molecule has 0 fully saturated rings. The van der Waals surface area contributed by atoms with Gasteiger partial charge in [-0.05, 0) is 68.2 Å². The van der Waals surface area contributed by atoms with E-state index in [-0.39, 0.29) is 5.91 Å². The van der Waals surface area contributed by atoms with Crippen molar-refractivity contribution in [3.05, 3.63) is 53.5 Å². The molecule has 0 spiro atoms. The highest BCUT2D eigenvalue weighted by atomic mass is 16.5. The van der Waals surface area contributed by atoms with Crippen molar-refractivity contribution in [1.82, 2.24) is 10.2 Å². The number of hydrogen-bond donors (Lipinski definition) is 1. The minimum atomic E-state index is -0.177. The number of nitrogens with zero attached hydrogens (tertiary/aromatic N) is 1. The number of rotatable bonds is 12. The lowest BCUT2D eigenvalue weighted by Crippen LogP contribution is -2.29. The molecule has 1 unspecified atom stereocenters. The second-order valence-corrected chi connectivity index (χ2v) is 7.07. The van der Waals surface area contributed by atoms with Gasteiger partial charge in [0.15, 0.2) is 5.76 Å². The Labute approximate surface area is 169 Å². The van der Waals surface area contributed by atoms with E-state index in [2.05, 4.69) is 50.0 Å². The molecule has 1 atom stereocenters.